The number of halogens is 1. The van der Waals surface area contributed by atoms with Crippen molar-refractivity contribution in [3.63, 3.8) is 0 Å². The van der Waals surface area contributed by atoms with E-state index in [4.69, 9.17) is 9.47 Å². The Hall–Kier alpha value is -2.10. The van der Waals surface area contributed by atoms with Gasteiger partial charge in [0, 0.05) is 35.2 Å². The van der Waals surface area contributed by atoms with Crippen LogP contribution in [0.4, 0.5) is 5.69 Å². The van der Waals surface area contributed by atoms with Crippen molar-refractivity contribution in [3.8, 4) is 11.5 Å². The first kappa shape index (κ1) is 20.2. The maximum Gasteiger partial charge on any atom is 0.243 e. The summed E-state index contributed by atoms with van der Waals surface area (Å²) in [6.07, 6.45) is 0.957. The molecule has 2 aliphatic heterocycles. The molecule has 0 bridgehead atoms. The first-order chi connectivity index (χ1) is 13.9. The standard InChI is InChI=1S/C20H21BrN2O5S/c21-15-1-4-17(5-2-15)29(25,26)23-9-7-14(8-10-23)20(24)22-16-3-6-18-19(13-16)28-12-11-27-18/h1-6,13-14H,7-12H2,(H,22,24). The van der Waals surface area contributed by atoms with Crippen LogP contribution in [0.3, 0.4) is 0 Å². The summed E-state index contributed by atoms with van der Waals surface area (Å²) in [5.41, 5.74) is 0.643. The maximum absolute atomic E-state index is 12.8. The maximum atomic E-state index is 12.8. The summed E-state index contributed by atoms with van der Waals surface area (Å²) >= 11 is 3.31. The van der Waals surface area contributed by atoms with Gasteiger partial charge in [-0.05, 0) is 49.2 Å². The van der Waals surface area contributed by atoms with Crippen LogP contribution in [0.5, 0.6) is 11.5 Å². The van der Waals surface area contributed by atoms with Crippen LogP contribution in [0, 0.1) is 5.92 Å². The third kappa shape index (κ3) is 4.41. The number of ether oxygens (including phenoxy) is 2. The summed E-state index contributed by atoms with van der Waals surface area (Å²) in [5, 5.41) is 2.91. The van der Waals surface area contributed by atoms with Crippen LogP contribution in [-0.4, -0.2) is 44.9 Å². The van der Waals surface area contributed by atoms with E-state index in [9.17, 15) is 13.2 Å². The lowest BCUT2D eigenvalue weighted by Gasteiger charge is -2.30. The van der Waals surface area contributed by atoms with E-state index in [1.165, 1.54) is 4.31 Å². The van der Waals surface area contributed by atoms with Crippen molar-refractivity contribution in [1.29, 1.82) is 0 Å². The summed E-state index contributed by atoms with van der Waals surface area (Å²) in [4.78, 5) is 12.9. The van der Waals surface area contributed by atoms with E-state index >= 15 is 0 Å². The second kappa shape index (κ2) is 8.33. The van der Waals surface area contributed by atoms with E-state index in [-0.39, 0.29) is 16.7 Å². The number of nitrogens with one attached hydrogen (secondary N) is 1. The lowest BCUT2D eigenvalue weighted by molar-refractivity contribution is -0.120. The van der Waals surface area contributed by atoms with Crippen LogP contribution in [0.2, 0.25) is 0 Å². The van der Waals surface area contributed by atoms with Gasteiger partial charge in [0.1, 0.15) is 13.2 Å². The van der Waals surface area contributed by atoms with Gasteiger partial charge >= 0.3 is 0 Å². The van der Waals surface area contributed by atoms with E-state index in [0.717, 1.165) is 4.47 Å². The molecule has 1 saturated heterocycles. The van der Waals surface area contributed by atoms with Gasteiger partial charge in [0.2, 0.25) is 15.9 Å². The molecule has 2 aromatic carbocycles. The third-order valence-electron chi connectivity index (χ3n) is 5.09. The minimum atomic E-state index is -3.55. The van der Waals surface area contributed by atoms with Gasteiger partial charge in [-0.3, -0.25) is 4.79 Å². The van der Waals surface area contributed by atoms with Crippen LogP contribution in [0.15, 0.2) is 51.8 Å². The number of rotatable bonds is 4. The summed E-state index contributed by atoms with van der Waals surface area (Å²) in [6, 6.07) is 11.9. The largest absolute Gasteiger partial charge is 0.486 e. The van der Waals surface area contributed by atoms with Crippen molar-refractivity contribution in [1.82, 2.24) is 4.31 Å². The second-order valence-electron chi connectivity index (χ2n) is 6.98. The van der Waals surface area contributed by atoms with Crippen molar-refractivity contribution in [3.05, 3.63) is 46.9 Å². The minimum absolute atomic E-state index is 0.109. The number of nitrogens with zero attached hydrogens (tertiary/aromatic N) is 1. The van der Waals surface area contributed by atoms with Crippen LogP contribution < -0.4 is 14.8 Å². The Balaban J connectivity index is 1.36. The molecule has 1 amide bonds. The smallest absolute Gasteiger partial charge is 0.243 e. The monoisotopic (exact) mass is 480 g/mol. The molecule has 0 radical (unpaired) electrons. The van der Waals surface area contributed by atoms with Gasteiger partial charge in [-0.1, -0.05) is 15.9 Å². The summed E-state index contributed by atoms with van der Waals surface area (Å²) < 4.78 is 38.9. The molecule has 0 atom stereocenters. The zero-order valence-electron chi connectivity index (χ0n) is 15.6. The van der Waals surface area contributed by atoms with E-state index in [1.54, 1.807) is 42.5 Å². The molecule has 154 valence electrons. The number of carbonyl (C=O) groups is 1. The van der Waals surface area contributed by atoms with Gasteiger partial charge in [-0.25, -0.2) is 8.42 Å². The predicted octanol–water partition coefficient (Wildman–Crippen LogP) is 3.26. The molecule has 0 saturated carbocycles. The Morgan fingerprint density at radius 2 is 1.66 bits per heavy atom. The van der Waals surface area contributed by atoms with Gasteiger partial charge < -0.3 is 14.8 Å². The average molecular weight is 481 g/mol. The molecular formula is C20H21BrN2O5S. The van der Waals surface area contributed by atoms with E-state index in [2.05, 4.69) is 21.2 Å². The fourth-order valence-electron chi connectivity index (χ4n) is 3.48. The normalized spacial score (nSPS) is 17.7. The zero-order chi connectivity index (χ0) is 20.4. The molecule has 2 heterocycles. The highest BCUT2D eigenvalue weighted by Crippen LogP contribution is 2.33. The molecule has 0 aliphatic carbocycles. The van der Waals surface area contributed by atoms with Crippen LogP contribution >= 0.6 is 15.9 Å². The highest BCUT2D eigenvalue weighted by molar-refractivity contribution is 9.10. The van der Waals surface area contributed by atoms with Gasteiger partial charge in [0.25, 0.3) is 0 Å². The number of benzene rings is 2. The molecule has 29 heavy (non-hydrogen) atoms. The molecule has 0 aromatic heterocycles. The number of hydrogen-bond donors (Lipinski definition) is 1. The zero-order valence-corrected chi connectivity index (χ0v) is 18.0. The van der Waals surface area contributed by atoms with Crippen LogP contribution in [0.1, 0.15) is 12.8 Å². The fourth-order valence-corrected chi connectivity index (χ4v) is 5.21. The number of sulfonamides is 1. The van der Waals surface area contributed by atoms with Gasteiger partial charge in [-0.15, -0.1) is 0 Å². The molecule has 2 aliphatic rings. The topological polar surface area (TPSA) is 84.9 Å². The fraction of sp³-hybridized carbons (Fsp3) is 0.350. The van der Waals surface area contributed by atoms with Crippen LogP contribution in [-0.2, 0) is 14.8 Å². The number of anilines is 1. The number of fused-ring (bicyclic) bond motifs is 1. The quantitative estimate of drug-likeness (QED) is 0.725. The molecule has 4 rings (SSSR count). The molecular weight excluding hydrogens is 460 g/mol. The average Bonchev–Trinajstić information content (AvgIpc) is 2.74. The Bertz CT molecular complexity index is 1000. The Morgan fingerprint density at radius 1 is 1.00 bits per heavy atom. The number of piperidine rings is 1. The molecule has 0 spiro atoms. The highest BCUT2D eigenvalue weighted by atomic mass is 79.9. The molecule has 9 heteroatoms. The summed E-state index contributed by atoms with van der Waals surface area (Å²) in [6.45, 7) is 1.63. The highest BCUT2D eigenvalue weighted by Gasteiger charge is 2.32. The first-order valence-electron chi connectivity index (χ1n) is 9.40. The molecule has 7 nitrogen and oxygen atoms in total. The van der Waals surface area contributed by atoms with E-state index in [0.29, 0.717) is 56.3 Å². The van der Waals surface area contributed by atoms with Crippen molar-refractivity contribution in [2.75, 3.05) is 31.6 Å². The van der Waals surface area contributed by atoms with Crippen molar-refractivity contribution < 1.29 is 22.7 Å². The first-order valence-corrected chi connectivity index (χ1v) is 11.6. The molecule has 0 unspecified atom stereocenters. The Morgan fingerprint density at radius 3 is 2.34 bits per heavy atom. The summed E-state index contributed by atoms with van der Waals surface area (Å²) in [7, 11) is -3.55. The van der Waals surface area contributed by atoms with Crippen molar-refractivity contribution in [2.24, 2.45) is 5.92 Å². The van der Waals surface area contributed by atoms with E-state index in [1.807, 2.05) is 0 Å². The lowest BCUT2D eigenvalue weighted by Crippen LogP contribution is -2.41. The second-order valence-corrected chi connectivity index (χ2v) is 9.83. The molecule has 1 fully saturated rings. The Kier molecular flexibility index (Phi) is 5.80. The van der Waals surface area contributed by atoms with Gasteiger partial charge in [0.15, 0.2) is 11.5 Å². The SMILES string of the molecule is O=C(Nc1ccc2c(c1)OCCO2)C1CCN(S(=O)(=O)c2ccc(Br)cc2)CC1. The number of amides is 1. The van der Waals surface area contributed by atoms with Gasteiger partial charge in [-0.2, -0.15) is 4.31 Å². The van der Waals surface area contributed by atoms with Crippen molar-refractivity contribution >= 4 is 37.5 Å². The van der Waals surface area contributed by atoms with Crippen LogP contribution in [0.25, 0.3) is 0 Å². The van der Waals surface area contributed by atoms with Gasteiger partial charge in [0.05, 0.1) is 4.90 Å². The Labute approximate surface area is 178 Å². The van der Waals surface area contributed by atoms with Crippen molar-refractivity contribution in [2.45, 2.75) is 17.7 Å². The van der Waals surface area contributed by atoms with E-state index < -0.39 is 10.0 Å². The number of carbonyl (C=O) groups excluding carboxylic acids is 1. The summed E-state index contributed by atoms with van der Waals surface area (Å²) in [5.74, 6) is 0.937. The number of hydrogen-bond acceptors (Lipinski definition) is 5. The molecule has 2 aromatic rings. The minimum Gasteiger partial charge on any atom is -0.486 e. The molecule has 1 N–H and O–H groups in total. The lowest BCUT2D eigenvalue weighted by atomic mass is 9.97. The predicted molar refractivity (Wildman–Crippen MR) is 112 cm³/mol. The third-order valence-corrected chi connectivity index (χ3v) is 7.53.